The molecule has 0 aliphatic carbocycles. The fraction of sp³-hybridized carbons (Fsp3) is 0.136. The van der Waals surface area contributed by atoms with Crippen LogP contribution in [-0.2, 0) is 10.0 Å². The molecule has 6 nitrogen and oxygen atoms in total. The van der Waals surface area contributed by atoms with E-state index in [1.165, 1.54) is 52.8 Å². The topological polar surface area (TPSA) is 78.5 Å². The predicted octanol–water partition coefficient (Wildman–Crippen LogP) is 5.54. The van der Waals surface area contributed by atoms with E-state index in [-0.39, 0.29) is 18.0 Å². The second-order valence-electron chi connectivity index (χ2n) is 6.75. The first kappa shape index (κ1) is 23.8. The van der Waals surface area contributed by atoms with Gasteiger partial charge in [0.05, 0.1) is 10.6 Å². The summed E-state index contributed by atoms with van der Waals surface area (Å²) in [5, 5.41) is 6.22. The maximum atomic E-state index is 13.4. The number of carbonyl (C=O) groups is 1. The highest BCUT2D eigenvalue weighted by Crippen LogP contribution is 2.25. The number of benzene rings is 3. The lowest BCUT2D eigenvalue weighted by Crippen LogP contribution is -2.35. The summed E-state index contributed by atoms with van der Waals surface area (Å²) in [7, 11) is -3.93. The molecule has 0 radical (unpaired) electrons. The van der Waals surface area contributed by atoms with Gasteiger partial charge in [0.25, 0.3) is 10.0 Å². The van der Waals surface area contributed by atoms with Crippen LogP contribution in [0.3, 0.4) is 0 Å². The number of hydrogen-bond donors (Lipinski definition) is 2. The van der Waals surface area contributed by atoms with Crippen molar-refractivity contribution in [2.24, 2.45) is 0 Å². The zero-order chi connectivity index (χ0) is 23.1. The number of rotatable bonds is 8. The van der Waals surface area contributed by atoms with E-state index in [9.17, 15) is 17.6 Å². The summed E-state index contributed by atoms with van der Waals surface area (Å²) in [5.74, 6) is -0.475. The van der Waals surface area contributed by atoms with Gasteiger partial charge in [-0.15, -0.1) is 0 Å². The summed E-state index contributed by atoms with van der Waals surface area (Å²) >= 11 is 11.8. The van der Waals surface area contributed by atoms with Gasteiger partial charge in [-0.1, -0.05) is 29.3 Å². The smallest absolute Gasteiger partial charge is 0.319 e. The highest BCUT2D eigenvalue weighted by atomic mass is 35.5. The molecule has 0 fully saturated rings. The molecule has 0 bridgehead atoms. The second-order valence-corrected chi connectivity index (χ2v) is 9.49. The molecule has 0 saturated carbocycles. The minimum atomic E-state index is -3.93. The molecule has 3 aromatic carbocycles. The number of hydrogen-bond acceptors (Lipinski definition) is 3. The highest BCUT2D eigenvalue weighted by molar-refractivity contribution is 7.92. The van der Waals surface area contributed by atoms with E-state index in [2.05, 4.69) is 10.6 Å². The molecular weight excluding hydrogens is 476 g/mol. The van der Waals surface area contributed by atoms with Gasteiger partial charge in [0.2, 0.25) is 0 Å². The Morgan fingerprint density at radius 1 is 0.938 bits per heavy atom. The average molecular weight is 496 g/mol. The Labute approximate surface area is 196 Å². The van der Waals surface area contributed by atoms with Crippen LogP contribution in [0.5, 0.6) is 0 Å². The first-order valence-corrected chi connectivity index (χ1v) is 11.8. The number of anilines is 2. The molecule has 32 heavy (non-hydrogen) atoms. The molecule has 0 saturated heterocycles. The molecule has 10 heteroatoms. The van der Waals surface area contributed by atoms with Crippen LogP contribution in [0.4, 0.5) is 20.6 Å². The van der Waals surface area contributed by atoms with Gasteiger partial charge in [-0.25, -0.2) is 17.6 Å². The molecule has 0 heterocycles. The van der Waals surface area contributed by atoms with E-state index >= 15 is 0 Å². The van der Waals surface area contributed by atoms with Crippen LogP contribution in [0, 0.1) is 5.82 Å². The molecule has 0 atom stereocenters. The maximum Gasteiger partial charge on any atom is 0.319 e. The monoisotopic (exact) mass is 495 g/mol. The molecule has 3 aromatic rings. The molecule has 168 valence electrons. The largest absolute Gasteiger partial charge is 0.338 e. The minimum absolute atomic E-state index is 0.0536. The minimum Gasteiger partial charge on any atom is -0.338 e. The van der Waals surface area contributed by atoms with Gasteiger partial charge in [-0.3, -0.25) is 4.31 Å². The quantitative estimate of drug-likeness (QED) is 0.402. The summed E-state index contributed by atoms with van der Waals surface area (Å²) in [6, 6.07) is 17.2. The standard InChI is InChI=1S/C22H20Cl2FN3O3S/c23-16-5-11-21(12-6-16)32(30,31)28(20-9-7-18(25)8-10-20)14-2-13-26-22(29)27-19-4-1-3-17(24)15-19/h1,3-12,15H,2,13-14H2,(H2,26,27,29). The van der Waals surface area contributed by atoms with Crippen LogP contribution >= 0.6 is 23.2 Å². The third-order valence-electron chi connectivity index (χ3n) is 4.42. The van der Waals surface area contributed by atoms with Gasteiger partial charge >= 0.3 is 6.03 Å². The van der Waals surface area contributed by atoms with Crippen molar-refractivity contribution in [1.82, 2.24) is 5.32 Å². The average Bonchev–Trinajstić information content (AvgIpc) is 2.75. The maximum absolute atomic E-state index is 13.4. The van der Waals surface area contributed by atoms with Crippen LogP contribution in [-0.4, -0.2) is 27.5 Å². The van der Waals surface area contributed by atoms with Crippen LogP contribution in [0.1, 0.15) is 6.42 Å². The fourth-order valence-electron chi connectivity index (χ4n) is 2.90. The van der Waals surface area contributed by atoms with Gasteiger partial charge < -0.3 is 10.6 Å². The number of nitrogens with one attached hydrogen (secondary N) is 2. The van der Waals surface area contributed by atoms with Crippen LogP contribution in [0.2, 0.25) is 10.0 Å². The van der Waals surface area contributed by atoms with Crippen LogP contribution in [0.25, 0.3) is 0 Å². The van der Waals surface area contributed by atoms with Crippen LogP contribution < -0.4 is 14.9 Å². The Bertz CT molecular complexity index is 1170. The Morgan fingerprint density at radius 3 is 2.28 bits per heavy atom. The number of sulfonamides is 1. The van der Waals surface area contributed by atoms with Crippen molar-refractivity contribution in [2.75, 3.05) is 22.7 Å². The molecule has 2 amide bonds. The zero-order valence-corrected chi connectivity index (χ0v) is 19.1. The van der Waals surface area contributed by atoms with Crippen molar-refractivity contribution in [3.8, 4) is 0 Å². The molecule has 0 aliphatic heterocycles. The van der Waals surface area contributed by atoms with E-state index in [0.717, 1.165) is 0 Å². The van der Waals surface area contributed by atoms with Gasteiger partial charge in [0.1, 0.15) is 5.82 Å². The molecule has 0 unspecified atom stereocenters. The number of nitrogens with zero attached hydrogens (tertiary/aromatic N) is 1. The molecular formula is C22H20Cl2FN3O3S. The molecule has 0 aromatic heterocycles. The number of carbonyl (C=O) groups excluding carboxylic acids is 1. The van der Waals surface area contributed by atoms with E-state index in [1.54, 1.807) is 24.3 Å². The second kappa shape index (κ2) is 10.7. The van der Waals surface area contributed by atoms with E-state index in [0.29, 0.717) is 27.8 Å². The lowest BCUT2D eigenvalue weighted by atomic mass is 10.3. The van der Waals surface area contributed by atoms with Crippen molar-refractivity contribution in [3.63, 3.8) is 0 Å². The van der Waals surface area contributed by atoms with Gasteiger partial charge in [0, 0.05) is 28.8 Å². The summed E-state index contributed by atoms with van der Waals surface area (Å²) in [4.78, 5) is 12.1. The fourth-order valence-corrected chi connectivity index (χ4v) is 4.71. The predicted molar refractivity (Wildman–Crippen MR) is 125 cm³/mol. The van der Waals surface area contributed by atoms with Gasteiger partial charge in [-0.05, 0) is 73.2 Å². The Morgan fingerprint density at radius 2 is 1.62 bits per heavy atom. The Hall–Kier alpha value is -2.81. The SMILES string of the molecule is O=C(NCCCN(c1ccc(F)cc1)S(=O)(=O)c1ccc(Cl)cc1)Nc1cccc(Cl)c1. The summed E-state index contributed by atoms with van der Waals surface area (Å²) in [5.41, 5.74) is 0.845. The number of urea groups is 1. The van der Waals surface area contributed by atoms with E-state index in [4.69, 9.17) is 23.2 Å². The summed E-state index contributed by atoms with van der Waals surface area (Å²) < 4.78 is 41.0. The summed E-state index contributed by atoms with van der Waals surface area (Å²) in [6.07, 6.45) is 0.313. The van der Waals surface area contributed by atoms with Crippen molar-refractivity contribution in [1.29, 1.82) is 0 Å². The van der Waals surface area contributed by atoms with Crippen LogP contribution in [0.15, 0.2) is 77.7 Å². The normalized spacial score (nSPS) is 11.1. The first-order chi connectivity index (χ1) is 15.3. The number of amides is 2. The molecule has 0 aliphatic rings. The molecule has 3 rings (SSSR count). The van der Waals surface area contributed by atoms with Gasteiger partial charge in [0.15, 0.2) is 0 Å². The highest BCUT2D eigenvalue weighted by Gasteiger charge is 2.24. The third-order valence-corrected chi connectivity index (χ3v) is 6.75. The molecule has 0 spiro atoms. The summed E-state index contributed by atoms with van der Waals surface area (Å²) in [6.45, 7) is 0.272. The van der Waals surface area contributed by atoms with Crippen molar-refractivity contribution < 1.29 is 17.6 Å². The Kier molecular flexibility index (Phi) is 7.95. The van der Waals surface area contributed by atoms with Crippen molar-refractivity contribution in [2.45, 2.75) is 11.3 Å². The van der Waals surface area contributed by atoms with E-state index in [1.807, 2.05) is 0 Å². The number of halogens is 3. The molecule has 2 N–H and O–H groups in total. The van der Waals surface area contributed by atoms with Crippen molar-refractivity contribution >= 4 is 50.6 Å². The first-order valence-electron chi connectivity index (χ1n) is 9.60. The Balaban J connectivity index is 1.67. The lowest BCUT2D eigenvalue weighted by Gasteiger charge is -2.24. The lowest BCUT2D eigenvalue weighted by molar-refractivity contribution is 0.252. The van der Waals surface area contributed by atoms with E-state index < -0.39 is 21.9 Å². The zero-order valence-electron chi connectivity index (χ0n) is 16.8. The third kappa shape index (κ3) is 6.35. The van der Waals surface area contributed by atoms with Gasteiger partial charge in [-0.2, -0.15) is 0 Å². The van der Waals surface area contributed by atoms with Crippen molar-refractivity contribution in [3.05, 3.63) is 88.7 Å².